The monoisotopic (exact) mass is 396 g/mol. The van der Waals surface area contributed by atoms with Crippen LogP contribution in [0.2, 0.25) is 0 Å². The SMILES string of the molecule is O=C1OC(=O)c2c1ccc1c3c(ccc21)Sc1cc(Br)ccc1C3. The first-order valence-electron chi connectivity index (χ1n) is 7.43. The van der Waals surface area contributed by atoms with Gasteiger partial charge < -0.3 is 4.74 Å². The molecule has 0 N–H and O–H groups in total. The van der Waals surface area contributed by atoms with Crippen molar-refractivity contribution >= 4 is 50.4 Å². The van der Waals surface area contributed by atoms with E-state index >= 15 is 0 Å². The van der Waals surface area contributed by atoms with Crippen molar-refractivity contribution in [2.75, 3.05) is 0 Å². The third-order valence-corrected chi connectivity index (χ3v) is 6.19. The predicted molar refractivity (Wildman–Crippen MR) is 94.8 cm³/mol. The van der Waals surface area contributed by atoms with Crippen LogP contribution in [0.4, 0.5) is 0 Å². The average Bonchev–Trinajstić information content (AvgIpc) is 2.87. The number of cyclic esters (lactones) is 2. The standard InChI is InChI=1S/C19H9BrO3S/c20-10-2-1-9-7-14-11-3-4-13-17(19(22)23-18(13)21)12(11)5-6-15(14)24-16(9)8-10/h1-6,8H,7H2. The van der Waals surface area contributed by atoms with Crippen LogP contribution in [0.5, 0.6) is 0 Å². The zero-order chi connectivity index (χ0) is 16.4. The van der Waals surface area contributed by atoms with Crippen molar-refractivity contribution in [3.8, 4) is 0 Å². The molecule has 116 valence electrons. The third kappa shape index (κ3) is 1.91. The van der Waals surface area contributed by atoms with Gasteiger partial charge in [0.1, 0.15) is 0 Å². The van der Waals surface area contributed by atoms with Gasteiger partial charge in [-0.15, -0.1) is 0 Å². The molecule has 0 aromatic heterocycles. The fraction of sp³-hybridized carbons (Fsp3) is 0.0526. The van der Waals surface area contributed by atoms with E-state index in [9.17, 15) is 9.59 Å². The van der Waals surface area contributed by atoms with Crippen molar-refractivity contribution in [3.05, 3.63) is 69.2 Å². The maximum atomic E-state index is 12.0. The lowest BCUT2D eigenvalue weighted by molar-refractivity contribution is 0.0444. The Morgan fingerprint density at radius 3 is 2.62 bits per heavy atom. The van der Waals surface area contributed by atoms with Gasteiger partial charge in [0.05, 0.1) is 11.1 Å². The number of esters is 2. The van der Waals surface area contributed by atoms with Gasteiger partial charge in [-0.2, -0.15) is 0 Å². The van der Waals surface area contributed by atoms with E-state index in [2.05, 4.69) is 28.1 Å². The summed E-state index contributed by atoms with van der Waals surface area (Å²) in [5.74, 6) is -1.10. The summed E-state index contributed by atoms with van der Waals surface area (Å²) < 4.78 is 5.83. The van der Waals surface area contributed by atoms with Gasteiger partial charge in [0.15, 0.2) is 0 Å². The van der Waals surface area contributed by atoms with E-state index in [1.165, 1.54) is 20.9 Å². The number of carbonyl (C=O) groups is 2. The molecule has 0 saturated carbocycles. The lowest BCUT2D eigenvalue weighted by Crippen LogP contribution is -2.02. The van der Waals surface area contributed by atoms with Crippen LogP contribution >= 0.6 is 27.7 Å². The Morgan fingerprint density at radius 2 is 1.75 bits per heavy atom. The summed E-state index contributed by atoms with van der Waals surface area (Å²) >= 11 is 5.25. The number of fused-ring (bicyclic) bond motifs is 6. The molecule has 0 unspecified atom stereocenters. The molecule has 3 aromatic carbocycles. The third-order valence-electron chi connectivity index (χ3n) is 4.50. The highest BCUT2D eigenvalue weighted by Crippen LogP contribution is 2.44. The molecule has 5 rings (SSSR count). The van der Waals surface area contributed by atoms with Gasteiger partial charge in [-0.1, -0.05) is 45.9 Å². The molecule has 2 aliphatic heterocycles. The largest absolute Gasteiger partial charge is 0.386 e. The van der Waals surface area contributed by atoms with Gasteiger partial charge in [0, 0.05) is 20.7 Å². The van der Waals surface area contributed by atoms with Crippen LogP contribution in [0, 0.1) is 0 Å². The first kappa shape index (κ1) is 14.3. The fourth-order valence-electron chi connectivity index (χ4n) is 3.38. The van der Waals surface area contributed by atoms with E-state index in [1.807, 2.05) is 24.3 Å². The Hall–Kier alpha value is -2.11. The first-order valence-corrected chi connectivity index (χ1v) is 9.04. The smallest absolute Gasteiger partial charge is 0.347 e. The normalized spacial score (nSPS) is 15.0. The number of carbonyl (C=O) groups excluding carboxylic acids is 2. The van der Waals surface area contributed by atoms with E-state index in [4.69, 9.17) is 4.74 Å². The van der Waals surface area contributed by atoms with Crippen LogP contribution in [0.1, 0.15) is 31.8 Å². The van der Waals surface area contributed by atoms with Crippen molar-refractivity contribution in [1.82, 2.24) is 0 Å². The van der Waals surface area contributed by atoms with Crippen LogP contribution in [0.15, 0.2) is 56.7 Å². The summed E-state index contributed by atoms with van der Waals surface area (Å²) in [6, 6.07) is 13.9. The molecule has 0 radical (unpaired) electrons. The van der Waals surface area contributed by atoms with Crippen LogP contribution in [0.25, 0.3) is 10.8 Å². The van der Waals surface area contributed by atoms with Gasteiger partial charge in [-0.05, 0) is 46.2 Å². The minimum Gasteiger partial charge on any atom is -0.386 e. The topological polar surface area (TPSA) is 43.4 Å². The molecule has 0 fully saturated rings. The highest BCUT2D eigenvalue weighted by atomic mass is 79.9. The van der Waals surface area contributed by atoms with Crippen molar-refractivity contribution < 1.29 is 14.3 Å². The van der Waals surface area contributed by atoms with Crippen LogP contribution in [-0.4, -0.2) is 11.9 Å². The molecule has 0 atom stereocenters. The highest BCUT2D eigenvalue weighted by molar-refractivity contribution is 9.10. The van der Waals surface area contributed by atoms with Gasteiger partial charge in [0.2, 0.25) is 0 Å². The summed E-state index contributed by atoms with van der Waals surface area (Å²) in [5.41, 5.74) is 3.22. The van der Waals surface area contributed by atoms with E-state index in [0.29, 0.717) is 11.1 Å². The number of ether oxygens (including phenoxy) is 1. The summed E-state index contributed by atoms with van der Waals surface area (Å²) in [7, 11) is 0. The summed E-state index contributed by atoms with van der Waals surface area (Å²) in [6.07, 6.45) is 0.810. The first-order chi connectivity index (χ1) is 11.6. The van der Waals surface area contributed by atoms with E-state index < -0.39 is 11.9 Å². The molecule has 3 aromatic rings. The molecule has 24 heavy (non-hydrogen) atoms. The molecule has 2 heterocycles. The number of halogens is 1. The number of hydrogen-bond donors (Lipinski definition) is 0. The second-order valence-corrected chi connectivity index (χ2v) is 7.83. The minimum absolute atomic E-state index is 0.361. The minimum atomic E-state index is -0.556. The van der Waals surface area contributed by atoms with E-state index in [0.717, 1.165) is 21.7 Å². The molecule has 0 spiro atoms. The van der Waals surface area contributed by atoms with Crippen molar-refractivity contribution in [3.63, 3.8) is 0 Å². The second-order valence-electron chi connectivity index (χ2n) is 5.83. The molecule has 0 saturated heterocycles. The quantitative estimate of drug-likeness (QED) is 0.311. The Kier molecular flexibility index (Phi) is 2.94. The van der Waals surface area contributed by atoms with Gasteiger partial charge in [-0.25, -0.2) is 9.59 Å². The van der Waals surface area contributed by atoms with Crippen molar-refractivity contribution in [2.24, 2.45) is 0 Å². The molecular weight excluding hydrogens is 388 g/mol. The van der Waals surface area contributed by atoms with Gasteiger partial charge in [0.25, 0.3) is 0 Å². The Bertz CT molecular complexity index is 1090. The fourth-order valence-corrected chi connectivity index (χ4v) is 5.03. The predicted octanol–water partition coefficient (Wildman–Crippen LogP) is 4.97. The maximum Gasteiger partial charge on any atom is 0.347 e. The van der Waals surface area contributed by atoms with E-state index in [1.54, 1.807) is 17.8 Å². The molecular formula is C19H9BrO3S. The zero-order valence-electron chi connectivity index (χ0n) is 12.3. The average molecular weight is 397 g/mol. The van der Waals surface area contributed by atoms with Crippen LogP contribution in [0.3, 0.4) is 0 Å². The number of hydrogen-bond acceptors (Lipinski definition) is 4. The highest BCUT2D eigenvalue weighted by Gasteiger charge is 2.32. The lowest BCUT2D eigenvalue weighted by Gasteiger charge is -2.21. The maximum absolute atomic E-state index is 12.0. The molecule has 3 nitrogen and oxygen atoms in total. The molecule has 0 aliphatic carbocycles. The molecule has 2 aliphatic rings. The zero-order valence-corrected chi connectivity index (χ0v) is 14.7. The summed E-state index contributed by atoms with van der Waals surface area (Å²) in [4.78, 5) is 26.2. The number of rotatable bonds is 0. The van der Waals surface area contributed by atoms with Gasteiger partial charge in [-0.3, -0.25) is 0 Å². The lowest BCUT2D eigenvalue weighted by atomic mass is 9.93. The van der Waals surface area contributed by atoms with E-state index in [-0.39, 0.29) is 0 Å². The van der Waals surface area contributed by atoms with Crippen LogP contribution < -0.4 is 0 Å². The van der Waals surface area contributed by atoms with Gasteiger partial charge >= 0.3 is 11.9 Å². The summed E-state index contributed by atoms with van der Waals surface area (Å²) in [6.45, 7) is 0. The number of benzene rings is 3. The Morgan fingerprint density at radius 1 is 0.917 bits per heavy atom. The molecule has 0 amide bonds. The Labute approximate surface area is 150 Å². The Balaban J connectivity index is 1.76. The molecule has 5 heteroatoms. The molecule has 0 bridgehead atoms. The second kappa shape index (κ2) is 4.94. The van der Waals surface area contributed by atoms with Crippen molar-refractivity contribution in [1.29, 1.82) is 0 Å². The van der Waals surface area contributed by atoms with Crippen molar-refractivity contribution in [2.45, 2.75) is 16.2 Å². The summed E-state index contributed by atoms with van der Waals surface area (Å²) in [5, 5.41) is 1.81. The van der Waals surface area contributed by atoms with Crippen LogP contribution in [-0.2, 0) is 11.2 Å².